The summed E-state index contributed by atoms with van der Waals surface area (Å²) in [6.45, 7) is 5.54. The second-order valence-electron chi connectivity index (χ2n) is 15.9. The van der Waals surface area contributed by atoms with Crippen LogP contribution in [-0.2, 0) is 20.7 Å². The third-order valence-corrected chi connectivity index (χ3v) is 12.6. The average Bonchev–Trinajstić information content (AvgIpc) is 3.26. The Balaban J connectivity index is 1.38. The van der Waals surface area contributed by atoms with Gasteiger partial charge in [0.1, 0.15) is 18.3 Å². The zero-order valence-corrected chi connectivity index (χ0v) is 35.0. The third kappa shape index (κ3) is 9.67. The number of amides is 1. The number of ether oxygens (including phenoxy) is 7. The Labute approximate surface area is 343 Å². The van der Waals surface area contributed by atoms with Crippen molar-refractivity contribution in [2.75, 3.05) is 88.1 Å². The van der Waals surface area contributed by atoms with Crippen LogP contribution in [0.1, 0.15) is 79.9 Å². The fraction of sp³-hybridized carbons (Fsp3) is 0.565. The highest BCUT2D eigenvalue weighted by Gasteiger charge is 2.57. The number of carbonyl (C=O) groups is 2. The smallest absolute Gasteiger partial charge is 0.363 e. The Morgan fingerprint density at radius 1 is 0.810 bits per heavy atom. The van der Waals surface area contributed by atoms with Crippen LogP contribution in [-0.4, -0.2) is 121 Å². The zero-order valence-electron chi connectivity index (χ0n) is 35.0. The van der Waals surface area contributed by atoms with E-state index in [0.29, 0.717) is 74.1 Å². The molecule has 1 aliphatic carbocycles. The number of quaternary nitrogens is 1. The number of morpholine rings is 1. The second-order valence-corrected chi connectivity index (χ2v) is 15.9. The number of hydrogen-bond acceptors (Lipinski definition) is 10. The highest BCUT2D eigenvalue weighted by Crippen LogP contribution is 2.48. The Bertz CT molecular complexity index is 1800. The minimum Gasteiger partial charge on any atom is -0.493 e. The van der Waals surface area contributed by atoms with Crippen molar-refractivity contribution in [2.45, 2.75) is 75.7 Å². The van der Waals surface area contributed by atoms with E-state index in [0.717, 1.165) is 87.4 Å². The van der Waals surface area contributed by atoms with E-state index in [4.69, 9.17) is 33.2 Å². The number of nitrogens with zero attached hydrogens (tertiary/aromatic N) is 2. The maximum absolute atomic E-state index is 16.1. The van der Waals surface area contributed by atoms with Gasteiger partial charge in [-0.1, -0.05) is 37.5 Å². The van der Waals surface area contributed by atoms with Gasteiger partial charge in [0, 0.05) is 32.0 Å². The Hall–Kier alpha value is -4.52. The maximum atomic E-state index is 16.1. The highest BCUT2D eigenvalue weighted by atomic mass is 16.5. The molecular formula is C46H63N2O10+. The first-order chi connectivity index (χ1) is 28.3. The van der Waals surface area contributed by atoms with Crippen molar-refractivity contribution in [2.24, 2.45) is 5.92 Å². The molecule has 1 amide bonds. The monoisotopic (exact) mass is 803 g/mol. The van der Waals surface area contributed by atoms with Gasteiger partial charge in [-0.3, -0.25) is 4.90 Å². The van der Waals surface area contributed by atoms with Gasteiger partial charge in [0.15, 0.2) is 23.0 Å². The SMILES string of the molecule is COc1ccc(C2CCC[N@@+](CCCc3cccc(OCCN4CCOCC4)c3)(C(=O)[C@H](c3cc(OC)c(OC)c(OC)c3)C3CCCCC3)[C@H]2C(=O)O)cc1OC. The zero-order chi connectivity index (χ0) is 41.1. The molecule has 2 aliphatic heterocycles. The minimum atomic E-state index is -1.03. The Morgan fingerprint density at radius 2 is 1.52 bits per heavy atom. The van der Waals surface area contributed by atoms with Crippen LogP contribution in [0.4, 0.5) is 0 Å². The first-order valence-electron chi connectivity index (χ1n) is 20.9. The number of carboxylic acids is 1. The van der Waals surface area contributed by atoms with Crippen LogP contribution in [0, 0.1) is 5.92 Å². The molecule has 0 radical (unpaired) electrons. The summed E-state index contributed by atoms with van der Waals surface area (Å²) in [6.07, 6.45) is 7.49. The van der Waals surface area contributed by atoms with Crippen molar-refractivity contribution in [1.82, 2.24) is 4.90 Å². The lowest BCUT2D eigenvalue weighted by Gasteiger charge is -2.49. The van der Waals surface area contributed by atoms with Crippen molar-refractivity contribution in [3.63, 3.8) is 0 Å². The van der Waals surface area contributed by atoms with Gasteiger partial charge < -0.3 is 38.3 Å². The number of aryl methyl sites for hydroxylation is 1. The number of methoxy groups -OCH3 is 5. The molecule has 12 heteroatoms. The van der Waals surface area contributed by atoms with E-state index in [1.165, 1.54) is 0 Å². The molecule has 2 saturated heterocycles. The molecule has 0 bridgehead atoms. The molecule has 3 fully saturated rings. The summed E-state index contributed by atoms with van der Waals surface area (Å²) < 4.78 is 40.0. The summed E-state index contributed by atoms with van der Waals surface area (Å²) in [4.78, 5) is 32.3. The van der Waals surface area contributed by atoms with Crippen LogP contribution in [0.15, 0.2) is 54.6 Å². The molecule has 316 valence electrons. The van der Waals surface area contributed by atoms with Gasteiger partial charge in [0.25, 0.3) is 0 Å². The second kappa shape index (κ2) is 20.4. The summed E-state index contributed by atoms with van der Waals surface area (Å²) in [5.74, 6) is 1.28. The molecule has 1 saturated carbocycles. The van der Waals surface area contributed by atoms with E-state index in [1.54, 1.807) is 35.5 Å². The van der Waals surface area contributed by atoms with Crippen molar-refractivity contribution in [3.8, 4) is 34.5 Å². The molecule has 0 spiro atoms. The molecule has 1 unspecified atom stereocenters. The molecular weight excluding hydrogens is 741 g/mol. The number of likely N-dealkylation sites (tertiary alicyclic amines) is 1. The van der Waals surface area contributed by atoms with Gasteiger partial charge in [0.2, 0.25) is 11.8 Å². The summed E-state index contributed by atoms with van der Waals surface area (Å²) >= 11 is 0. The van der Waals surface area contributed by atoms with Crippen LogP contribution >= 0.6 is 0 Å². The third-order valence-electron chi connectivity index (χ3n) is 12.6. The van der Waals surface area contributed by atoms with Gasteiger partial charge in [-0.05, 0) is 91.1 Å². The highest BCUT2D eigenvalue weighted by molar-refractivity contribution is 5.84. The molecule has 6 rings (SSSR count). The molecule has 4 atom stereocenters. The predicted molar refractivity (Wildman–Crippen MR) is 221 cm³/mol. The fourth-order valence-corrected chi connectivity index (χ4v) is 9.77. The van der Waals surface area contributed by atoms with Gasteiger partial charge >= 0.3 is 11.9 Å². The summed E-state index contributed by atoms with van der Waals surface area (Å²) in [5.41, 5.74) is 2.68. The number of piperidine rings is 1. The number of hydrogen-bond donors (Lipinski definition) is 1. The summed E-state index contributed by atoms with van der Waals surface area (Å²) in [6, 6.07) is 16.5. The van der Waals surface area contributed by atoms with E-state index in [-0.39, 0.29) is 16.3 Å². The Morgan fingerprint density at radius 3 is 2.17 bits per heavy atom. The molecule has 0 aromatic heterocycles. The molecule has 2 heterocycles. The number of benzene rings is 3. The minimum absolute atomic E-state index is 0.0289. The fourth-order valence-electron chi connectivity index (χ4n) is 9.77. The molecule has 3 aromatic carbocycles. The van der Waals surface area contributed by atoms with E-state index in [9.17, 15) is 9.90 Å². The summed E-state index contributed by atoms with van der Waals surface area (Å²) in [7, 11) is 7.89. The normalized spacial score (nSPS) is 22.1. The van der Waals surface area contributed by atoms with Crippen molar-refractivity contribution >= 4 is 11.9 Å². The first kappa shape index (κ1) is 43.1. The van der Waals surface area contributed by atoms with Crippen LogP contribution in [0.5, 0.6) is 34.5 Å². The van der Waals surface area contributed by atoms with E-state index >= 15 is 4.79 Å². The number of rotatable bonds is 18. The van der Waals surface area contributed by atoms with E-state index in [2.05, 4.69) is 17.0 Å². The van der Waals surface area contributed by atoms with E-state index < -0.39 is 23.8 Å². The van der Waals surface area contributed by atoms with Gasteiger partial charge in [-0.15, -0.1) is 0 Å². The van der Waals surface area contributed by atoms with Crippen molar-refractivity contribution < 1.29 is 52.3 Å². The van der Waals surface area contributed by atoms with Crippen LogP contribution in [0.25, 0.3) is 0 Å². The lowest BCUT2D eigenvalue weighted by molar-refractivity contribution is -0.879. The van der Waals surface area contributed by atoms with Crippen LogP contribution < -0.4 is 28.4 Å². The van der Waals surface area contributed by atoms with Crippen molar-refractivity contribution in [1.29, 1.82) is 0 Å². The molecule has 1 N–H and O–H groups in total. The van der Waals surface area contributed by atoms with Gasteiger partial charge in [0.05, 0.1) is 61.9 Å². The number of carbonyl (C=O) groups excluding carboxylic acids is 1. The predicted octanol–water partition coefficient (Wildman–Crippen LogP) is 7.11. The van der Waals surface area contributed by atoms with Crippen LogP contribution in [0.2, 0.25) is 0 Å². The van der Waals surface area contributed by atoms with Gasteiger partial charge in [-0.25, -0.2) is 14.1 Å². The number of carboxylic acid groups (broad SMARTS) is 1. The molecule has 12 nitrogen and oxygen atoms in total. The maximum Gasteiger partial charge on any atom is 0.363 e. The topological polar surface area (TPSA) is 122 Å². The van der Waals surface area contributed by atoms with Crippen molar-refractivity contribution in [3.05, 3.63) is 71.3 Å². The standard InChI is InChI=1S/C46H62N2O10/c1-52-38-19-18-34(29-39(38)53-2)37-17-11-24-48(43(37)46(50)51,23-10-13-32-12-9-16-36(28-32)58-27-22-47-20-25-57-26-21-47)45(49)42(33-14-7-6-8-15-33)35-30-40(54-3)44(56-5)41(31-35)55-4/h9,12,16,18-19,28-31,33,37,42-43H,6-8,10-11,13-15,17,20-27H2,1-5H3/p+1/t37?,42-,43+,48+/m0/s1. The lowest BCUT2D eigenvalue weighted by Crippen LogP contribution is -2.68. The first-order valence-corrected chi connectivity index (χ1v) is 20.9. The largest absolute Gasteiger partial charge is 0.493 e. The van der Waals surface area contributed by atoms with Crippen LogP contribution in [0.3, 0.4) is 0 Å². The quantitative estimate of drug-likeness (QED) is 0.133. The summed E-state index contributed by atoms with van der Waals surface area (Å²) in [5, 5.41) is 11.4. The lowest BCUT2D eigenvalue weighted by atomic mass is 9.73. The molecule has 3 aromatic rings. The molecule has 58 heavy (non-hydrogen) atoms. The van der Waals surface area contributed by atoms with E-state index in [1.807, 2.05) is 42.5 Å². The van der Waals surface area contributed by atoms with Gasteiger partial charge in [-0.2, -0.15) is 0 Å². The molecule has 3 aliphatic rings. The average molecular weight is 804 g/mol. The Kier molecular flexibility index (Phi) is 15.2. The number of aliphatic carboxylic acids is 1.